The quantitative estimate of drug-likeness (QED) is 0.842. The van der Waals surface area contributed by atoms with E-state index in [1.807, 2.05) is 0 Å². The Balaban J connectivity index is 1.79. The number of halogens is 1. The number of hydrogen-bond acceptors (Lipinski definition) is 4. The molecule has 0 spiro atoms. The summed E-state index contributed by atoms with van der Waals surface area (Å²) in [6.45, 7) is -0.237. The zero-order valence-corrected chi connectivity index (χ0v) is 13.0. The van der Waals surface area contributed by atoms with Gasteiger partial charge in [-0.3, -0.25) is 14.4 Å². The number of rotatable bonds is 4. The molecule has 0 bridgehead atoms. The van der Waals surface area contributed by atoms with Crippen LogP contribution in [-0.4, -0.2) is 30.3 Å². The molecular formula is C15H16BrNO4. The summed E-state index contributed by atoms with van der Waals surface area (Å²) in [6, 6.07) is 6.78. The Morgan fingerprint density at radius 2 is 1.95 bits per heavy atom. The SMILES string of the molecule is O=C(CNC(=O)c1ccc(Br)cc1)O[C@H]1CCCCC1=O. The van der Waals surface area contributed by atoms with Crippen LogP contribution in [0.1, 0.15) is 36.0 Å². The Kier molecular flexibility index (Phi) is 5.50. The van der Waals surface area contributed by atoms with Crippen molar-refractivity contribution >= 4 is 33.6 Å². The van der Waals surface area contributed by atoms with Crippen molar-refractivity contribution in [3.63, 3.8) is 0 Å². The van der Waals surface area contributed by atoms with Crippen LogP contribution in [0.4, 0.5) is 0 Å². The molecule has 1 saturated carbocycles. The summed E-state index contributed by atoms with van der Waals surface area (Å²) < 4.78 is 5.97. The maximum absolute atomic E-state index is 11.8. The first-order valence-corrected chi connectivity index (χ1v) is 7.61. The van der Waals surface area contributed by atoms with E-state index in [0.29, 0.717) is 18.4 Å². The van der Waals surface area contributed by atoms with E-state index in [4.69, 9.17) is 4.74 Å². The molecule has 1 aliphatic carbocycles. The van der Waals surface area contributed by atoms with Crippen LogP contribution in [0, 0.1) is 0 Å². The Morgan fingerprint density at radius 3 is 2.62 bits per heavy atom. The molecule has 0 aromatic heterocycles. The minimum atomic E-state index is -0.643. The Labute approximate surface area is 131 Å². The Bertz CT molecular complexity index is 541. The van der Waals surface area contributed by atoms with Crippen molar-refractivity contribution in [1.29, 1.82) is 0 Å². The fourth-order valence-corrected chi connectivity index (χ4v) is 2.40. The fraction of sp³-hybridized carbons (Fsp3) is 0.400. The van der Waals surface area contributed by atoms with Crippen molar-refractivity contribution in [2.24, 2.45) is 0 Å². The molecule has 1 amide bonds. The number of amides is 1. The lowest BCUT2D eigenvalue weighted by Crippen LogP contribution is -2.36. The van der Waals surface area contributed by atoms with Gasteiger partial charge in [0.05, 0.1) is 0 Å². The molecule has 0 heterocycles. The number of hydrogen-bond donors (Lipinski definition) is 1. The average molecular weight is 354 g/mol. The van der Waals surface area contributed by atoms with Crippen LogP contribution in [0.3, 0.4) is 0 Å². The van der Waals surface area contributed by atoms with Crippen LogP contribution in [0.25, 0.3) is 0 Å². The molecule has 5 nitrogen and oxygen atoms in total. The third-order valence-electron chi connectivity index (χ3n) is 3.27. The number of nitrogens with one attached hydrogen (secondary N) is 1. The summed E-state index contributed by atoms with van der Waals surface area (Å²) >= 11 is 3.28. The molecule has 1 aromatic carbocycles. The lowest BCUT2D eigenvalue weighted by Gasteiger charge is -2.20. The van der Waals surface area contributed by atoms with E-state index in [1.54, 1.807) is 24.3 Å². The van der Waals surface area contributed by atoms with Crippen molar-refractivity contribution in [2.75, 3.05) is 6.54 Å². The van der Waals surface area contributed by atoms with Gasteiger partial charge in [0.1, 0.15) is 6.54 Å². The van der Waals surface area contributed by atoms with Crippen LogP contribution < -0.4 is 5.32 Å². The van der Waals surface area contributed by atoms with Crippen LogP contribution in [0.5, 0.6) is 0 Å². The number of esters is 1. The molecule has 1 fully saturated rings. The Hall–Kier alpha value is -1.69. The molecule has 1 aromatic rings. The molecule has 1 atom stereocenters. The summed E-state index contributed by atoms with van der Waals surface area (Å²) in [7, 11) is 0. The minimum absolute atomic E-state index is 0.0335. The first-order valence-electron chi connectivity index (χ1n) is 6.82. The zero-order valence-electron chi connectivity index (χ0n) is 11.4. The van der Waals surface area contributed by atoms with Gasteiger partial charge in [-0.2, -0.15) is 0 Å². The second kappa shape index (κ2) is 7.36. The van der Waals surface area contributed by atoms with Gasteiger partial charge >= 0.3 is 5.97 Å². The highest BCUT2D eigenvalue weighted by molar-refractivity contribution is 9.10. The second-order valence-electron chi connectivity index (χ2n) is 4.88. The van der Waals surface area contributed by atoms with Crippen molar-refractivity contribution in [3.05, 3.63) is 34.3 Å². The first-order chi connectivity index (χ1) is 10.1. The standard InChI is InChI=1S/C15H16BrNO4/c16-11-7-5-10(6-8-11)15(20)17-9-14(19)21-13-4-2-1-3-12(13)18/h5-8,13H,1-4,9H2,(H,17,20)/t13-/m0/s1. The molecule has 112 valence electrons. The minimum Gasteiger partial charge on any atom is -0.453 e. The molecular weight excluding hydrogens is 338 g/mol. The van der Waals surface area contributed by atoms with E-state index in [1.165, 1.54) is 0 Å². The molecule has 21 heavy (non-hydrogen) atoms. The highest BCUT2D eigenvalue weighted by Gasteiger charge is 2.25. The molecule has 0 saturated heterocycles. The summed E-state index contributed by atoms with van der Waals surface area (Å²) in [5.74, 6) is -0.969. The number of carbonyl (C=O) groups excluding carboxylic acids is 3. The van der Waals surface area contributed by atoms with Crippen LogP contribution in [0.15, 0.2) is 28.7 Å². The highest BCUT2D eigenvalue weighted by atomic mass is 79.9. The van der Waals surface area contributed by atoms with Gasteiger partial charge in [0, 0.05) is 16.5 Å². The van der Waals surface area contributed by atoms with Gasteiger partial charge < -0.3 is 10.1 Å². The van der Waals surface area contributed by atoms with E-state index in [0.717, 1.165) is 17.3 Å². The van der Waals surface area contributed by atoms with Gasteiger partial charge in [0.15, 0.2) is 11.9 Å². The summed E-state index contributed by atoms with van der Waals surface area (Å²) in [4.78, 5) is 35.0. The summed E-state index contributed by atoms with van der Waals surface area (Å²) in [6.07, 6.45) is 2.13. The average Bonchev–Trinajstić information content (AvgIpc) is 2.48. The van der Waals surface area contributed by atoms with Gasteiger partial charge in [0.2, 0.25) is 0 Å². The monoisotopic (exact) mass is 353 g/mol. The lowest BCUT2D eigenvalue weighted by molar-refractivity contribution is -0.155. The largest absolute Gasteiger partial charge is 0.453 e. The highest BCUT2D eigenvalue weighted by Crippen LogP contribution is 2.17. The number of Topliss-reactive ketones (excluding diaryl/α,β-unsaturated/α-hetero) is 1. The smallest absolute Gasteiger partial charge is 0.326 e. The van der Waals surface area contributed by atoms with Gasteiger partial charge in [-0.15, -0.1) is 0 Å². The van der Waals surface area contributed by atoms with Gasteiger partial charge in [-0.1, -0.05) is 15.9 Å². The maximum atomic E-state index is 11.8. The number of carbonyl (C=O) groups is 3. The molecule has 6 heteroatoms. The number of ketones is 1. The third kappa shape index (κ3) is 4.67. The van der Waals surface area contributed by atoms with Crippen LogP contribution in [-0.2, 0) is 14.3 Å². The first kappa shape index (κ1) is 15.7. The summed E-state index contributed by atoms with van der Waals surface area (Å²) in [5, 5.41) is 2.48. The lowest BCUT2D eigenvalue weighted by atomic mass is 9.96. The number of ether oxygens (including phenoxy) is 1. The predicted molar refractivity (Wildman–Crippen MR) is 79.8 cm³/mol. The number of benzene rings is 1. The molecule has 1 N–H and O–H groups in total. The Morgan fingerprint density at radius 1 is 1.24 bits per heavy atom. The topological polar surface area (TPSA) is 72.5 Å². The van der Waals surface area contributed by atoms with Crippen molar-refractivity contribution < 1.29 is 19.1 Å². The van der Waals surface area contributed by atoms with E-state index in [9.17, 15) is 14.4 Å². The molecule has 0 unspecified atom stereocenters. The van der Waals surface area contributed by atoms with Crippen molar-refractivity contribution in [1.82, 2.24) is 5.32 Å². The van der Waals surface area contributed by atoms with Gasteiger partial charge in [-0.25, -0.2) is 0 Å². The predicted octanol–water partition coefficient (Wildman–Crippen LogP) is 2.23. The van der Waals surface area contributed by atoms with E-state index in [2.05, 4.69) is 21.2 Å². The van der Waals surface area contributed by atoms with Crippen LogP contribution >= 0.6 is 15.9 Å². The molecule has 1 aliphatic rings. The van der Waals surface area contributed by atoms with E-state index >= 15 is 0 Å². The van der Waals surface area contributed by atoms with Gasteiger partial charge in [-0.05, 0) is 43.5 Å². The normalized spacial score (nSPS) is 18.1. The van der Waals surface area contributed by atoms with Crippen molar-refractivity contribution in [2.45, 2.75) is 31.8 Å². The zero-order chi connectivity index (χ0) is 15.2. The second-order valence-corrected chi connectivity index (χ2v) is 5.80. The van der Waals surface area contributed by atoms with Gasteiger partial charge in [0.25, 0.3) is 5.91 Å². The third-order valence-corrected chi connectivity index (χ3v) is 3.80. The van der Waals surface area contributed by atoms with E-state index < -0.39 is 12.1 Å². The fourth-order valence-electron chi connectivity index (χ4n) is 2.13. The summed E-state index contributed by atoms with van der Waals surface area (Å²) in [5.41, 5.74) is 0.458. The van der Waals surface area contributed by atoms with E-state index in [-0.39, 0.29) is 18.2 Å². The molecule has 2 rings (SSSR count). The molecule has 0 aliphatic heterocycles. The van der Waals surface area contributed by atoms with Crippen LogP contribution in [0.2, 0.25) is 0 Å². The maximum Gasteiger partial charge on any atom is 0.326 e. The van der Waals surface area contributed by atoms with Crippen molar-refractivity contribution in [3.8, 4) is 0 Å². The molecule has 0 radical (unpaired) electrons.